The van der Waals surface area contributed by atoms with E-state index in [9.17, 15) is 29.0 Å². The van der Waals surface area contributed by atoms with Crippen molar-refractivity contribution in [2.75, 3.05) is 5.73 Å². The first-order chi connectivity index (χ1) is 10.6. The van der Waals surface area contributed by atoms with Gasteiger partial charge in [0.2, 0.25) is 0 Å². The Labute approximate surface area is 144 Å². The number of pyridine rings is 1. The van der Waals surface area contributed by atoms with Crippen molar-refractivity contribution in [3.05, 3.63) is 48.4 Å². The number of benzene rings is 1. The third kappa shape index (κ3) is 2.99. The molecule has 0 amide bonds. The van der Waals surface area contributed by atoms with Crippen molar-refractivity contribution in [2.24, 2.45) is 0 Å². The third-order valence-electron chi connectivity index (χ3n) is 2.93. The number of halogens is 3. The normalized spacial score (nSPS) is 10.6. The molecule has 0 atom stereocenters. The molecule has 2 aromatic rings. The van der Waals surface area contributed by atoms with Crippen LogP contribution in [0.5, 0.6) is 0 Å². The lowest BCUT2D eigenvalue weighted by Crippen LogP contribution is -2.24. The summed E-state index contributed by atoms with van der Waals surface area (Å²) in [6.45, 7) is 0. The van der Waals surface area contributed by atoms with Crippen LogP contribution in [-0.4, -0.2) is 27.1 Å². The minimum atomic E-state index is -1.67. The predicted octanol–water partition coefficient (Wildman–Crippen LogP) is 2.68. The number of nitrogens with two attached hydrogens (primary N) is 1. The van der Waals surface area contributed by atoms with Gasteiger partial charge < -0.3 is 20.9 Å². The highest BCUT2D eigenvalue weighted by Crippen LogP contribution is 2.38. The van der Waals surface area contributed by atoms with Gasteiger partial charge in [0.05, 0.1) is 0 Å². The SMILES string of the molecule is Nc1[nH]c(=O)c(C(=O)O)c(-c2cc(F)cc(Br)c2Br)c1C(=O)O. The van der Waals surface area contributed by atoms with Crippen molar-refractivity contribution in [1.82, 2.24) is 4.98 Å². The van der Waals surface area contributed by atoms with Gasteiger partial charge in [-0.15, -0.1) is 0 Å². The first-order valence-electron chi connectivity index (χ1n) is 5.82. The molecule has 10 heteroatoms. The second kappa shape index (κ2) is 6.13. The first kappa shape index (κ1) is 17.2. The minimum absolute atomic E-state index is 0.135. The van der Waals surface area contributed by atoms with E-state index in [0.29, 0.717) is 0 Å². The number of carbonyl (C=O) groups is 2. The number of carboxylic acids is 2. The van der Waals surface area contributed by atoms with E-state index in [1.807, 2.05) is 4.98 Å². The lowest BCUT2D eigenvalue weighted by atomic mass is 9.95. The summed E-state index contributed by atoms with van der Waals surface area (Å²) >= 11 is 6.17. The summed E-state index contributed by atoms with van der Waals surface area (Å²) in [5, 5.41) is 18.6. The van der Waals surface area contributed by atoms with E-state index in [1.54, 1.807) is 0 Å². The summed E-state index contributed by atoms with van der Waals surface area (Å²) in [6, 6.07) is 1.99. The Balaban J connectivity index is 3.10. The Morgan fingerprint density at radius 2 is 1.70 bits per heavy atom. The van der Waals surface area contributed by atoms with Crippen LogP contribution in [0.15, 0.2) is 25.9 Å². The maximum atomic E-state index is 13.7. The molecule has 2 rings (SSSR count). The number of aromatic nitrogens is 1. The zero-order chi connectivity index (χ0) is 17.5. The maximum absolute atomic E-state index is 13.7. The van der Waals surface area contributed by atoms with Crippen LogP contribution < -0.4 is 11.3 Å². The summed E-state index contributed by atoms with van der Waals surface area (Å²) in [4.78, 5) is 36.7. The van der Waals surface area contributed by atoms with Gasteiger partial charge in [0.15, 0.2) is 0 Å². The van der Waals surface area contributed by atoms with E-state index in [-0.39, 0.29) is 14.5 Å². The fourth-order valence-corrected chi connectivity index (χ4v) is 2.91. The number of hydrogen-bond donors (Lipinski definition) is 4. The van der Waals surface area contributed by atoms with E-state index in [1.165, 1.54) is 0 Å². The van der Waals surface area contributed by atoms with Crippen LogP contribution in [0.4, 0.5) is 10.2 Å². The van der Waals surface area contributed by atoms with E-state index in [4.69, 9.17) is 5.73 Å². The van der Waals surface area contributed by atoms with Crippen LogP contribution in [0.1, 0.15) is 20.7 Å². The molecule has 1 aromatic carbocycles. The van der Waals surface area contributed by atoms with Crippen LogP contribution in [0, 0.1) is 5.82 Å². The number of aromatic amines is 1. The third-order valence-corrected chi connectivity index (χ3v) is 4.95. The van der Waals surface area contributed by atoms with Crippen LogP contribution in [0.2, 0.25) is 0 Å². The number of anilines is 1. The molecule has 5 N–H and O–H groups in total. The molecule has 23 heavy (non-hydrogen) atoms. The lowest BCUT2D eigenvalue weighted by Gasteiger charge is -2.14. The van der Waals surface area contributed by atoms with Crippen molar-refractivity contribution in [1.29, 1.82) is 0 Å². The number of aromatic carboxylic acids is 2. The Morgan fingerprint density at radius 1 is 1.13 bits per heavy atom. The van der Waals surface area contributed by atoms with Crippen molar-refractivity contribution in [2.45, 2.75) is 0 Å². The number of nitrogen functional groups attached to an aromatic ring is 1. The topological polar surface area (TPSA) is 133 Å². The molecule has 7 nitrogen and oxygen atoms in total. The van der Waals surface area contributed by atoms with Crippen LogP contribution in [0.25, 0.3) is 11.1 Å². The average Bonchev–Trinajstić information content (AvgIpc) is 2.40. The smallest absolute Gasteiger partial charge is 0.342 e. The van der Waals surface area contributed by atoms with Gasteiger partial charge in [0.1, 0.15) is 22.8 Å². The molecule has 1 heterocycles. The van der Waals surface area contributed by atoms with Gasteiger partial charge in [-0.1, -0.05) is 0 Å². The number of H-pyrrole nitrogens is 1. The Bertz CT molecular complexity index is 910. The van der Waals surface area contributed by atoms with E-state index in [2.05, 4.69) is 31.9 Å². The Kier molecular flexibility index (Phi) is 4.57. The highest BCUT2D eigenvalue weighted by Gasteiger charge is 2.28. The second-order valence-electron chi connectivity index (χ2n) is 4.35. The van der Waals surface area contributed by atoms with Crippen LogP contribution in [0.3, 0.4) is 0 Å². The molecule has 0 spiro atoms. The molecule has 0 saturated carbocycles. The fraction of sp³-hybridized carbons (Fsp3) is 0. The zero-order valence-corrected chi connectivity index (χ0v) is 14.2. The molecule has 0 aliphatic carbocycles. The molecule has 120 valence electrons. The number of rotatable bonds is 3. The largest absolute Gasteiger partial charge is 0.478 e. The predicted molar refractivity (Wildman–Crippen MR) is 86.2 cm³/mol. The second-order valence-corrected chi connectivity index (χ2v) is 6.00. The van der Waals surface area contributed by atoms with E-state index >= 15 is 0 Å². The van der Waals surface area contributed by atoms with Gasteiger partial charge >= 0.3 is 11.9 Å². The monoisotopic (exact) mass is 448 g/mol. The number of nitrogens with one attached hydrogen (secondary N) is 1. The van der Waals surface area contributed by atoms with Gasteiger partial charge in [0.25, 0.3) is 5.56 Å². The number of hydrogen-bond acceptors (Lipinski definition) is 4. The van der Waals surface area contributed by atoms with Crippen LogP contribution in [-0.2, 0) is 0 Å². The van der Waals surface area contributed by atoms with Gasteiger partial charge in [-0.2, -0.15) is 0 Å². The molecule has 0 saturated heterocycles. The van der Waals surface area contributed by atoms with Crippen molar-refractivity contribution >= 4 is 49.6 Å². The molecule has 0 unspecified atom stereocenters. The van der Waals surface area contributed by atoms with Crippen molar-refractivity contribution in [3.8, 4) is 11.1 Å². The Hall–Kier alpha value is -2.20. The molecular weight excluding hydrogens is 443 g/mol. The number of carboxylic acid groups (broad SMARTS) is 2. The van der Waals surface area contributed by atoms with Crippen molar-refractivity contribution < 1.29 is 24.2 Å². The fourth-order valence-electron chi connectivity index (χ4n) is 2.05. The Morgan fingerprint density at radius 3 is 2.22 bits per heavy atom. The van der Waals surface area contributed by atoms with Gasteiger partial charge in [-0.05, 0) is 44.0 Å². The quantitative estimate of drug-likeness (QED) is 0.532. The summed E-state index contributed by atoms with van der Waals surface area (Å²) in [6.07, 6.45) is 0. The van der Waals surface area contributed by atoms with E-state index in [0.717, 1.165) is 12.1 Å². The van der Waals surface area contributed by atoms with Gasteiger partial charge in [0, 0.05) is 20.1 Å². The standard InChI is InChI=1S/C13H7Br2FN2O5/c14-5-2-3(16)1-4(9(5)15)6-7(12(20)21)10(17)18-11(19)8(6)13(22)23/h1-2H,(H,20,21)(H,22,23)(H3,17,18,19). The average molecular weight is 450 g/mol. The highest BCUT2D eigenvalue weighted by molar-refractivity contribution is 9.13. The highest BCUT2D eigenvalue weighted by atomic mass is 79.9. The lowest BCUT2D eigenvalue weighted by molar-refractivity contribution is 0.0695. The molecule has 0 radical (unpaired) electrons. The first-order valence-corrected chi connectivity index (χ1v) is 7.41. The summed E-state index contributed by atoms with van der Waals surface area (Å²) in [7, 11) is 0. The summed E-state index contributed by atoms with van der Waals surface area (Å²) < 4.78 is 14.1. The van der Waals surface area contributed by atoms with Gasteiger partial charge in [-0.3, -0.25) is 4.79 Å². The molecule has 0 fully saturated rings. The maximum Gasteiger partial charge on any atom is 0.342 e. The molecule has 0 aliphatic rings. The van der Waals surface area contributed by atoms with Crippen molar-refractivity contribution in [3.63, 3.8) is 0 Å². The minimum Gasteiger partial charge on any atom is -0.478 e. The zero-order valence-electron chi connectivity index (χ0n) is 11.0. The molecular formula is C13H7Br2FN2O5. The molecule has 1 aromatic heterocycles. The summed E-state index contributed by atoms with van der Waals surface area (Å²) in [5.74, 6) is -4.53. The van der Waals surface area contributed by atoms with Crippen LogP contribution >= 0.6 is 31.9 Å². The molecule has 0 bridgehead atoms. The van der Waals surface area contributed by atoms with Gasteiger partial charge in [-0.25, -0.2) is 14.0 Å². The van der Waals surface area contributed by atoms with E-state index < -0.39 is 45.8 Å². The summed E-state index contributed by atoms with van der Waals surface area (Å²) in [5.41, 5.74) is 2.30. The molecule has 0 aliphatic heterocycles.